The number of fused-ring (bicyclic) bond motifs is 1. The molecule has 0 radical (unpaired) electrons. The highest BCUT2D eigenvalue weighted by Gasteiger charge is 2.24. The fourth-order valence-electron chi connectivity index (χ4n) is 2.96. The molecule has 1 atom stereocenters. The largest absolute Gasteiger partial charge is 0.493 e. The van der Waals surface area contributed by atoms with Crippen molar-refractivity contribution in [1.82, 2.24) is 10.6 Å². The van der Waals surface area contributed by atoms with E-state index in [4.69, 9.17) is 4.74 Å². The maximum atomic E-state index is 12.9. The summed E-state index contributed by atoms with van der Waals surface area (Å²) in [4.78, 5) is 24.9. The molecule has 3 rings (SSSR count). The normalized spacial score (nSPS) is 15.5. The first-order valence-corrected chi connectivity index (χ1v) is 9.63. The fraction of sp³-hybridized carbons (Fsp3) is 0.300. The fourth-order valence-corrected chi connectivity index (χ4v) is 3.34. The molecule has 7 heteroatoms. The Bertz CT molecular complexity index is 854. The molecule has 0 spiro atoms. The summed E-state index contributed by atoms with van der Waals surface area (Å²) in [6, 6.07) is 12.2. The van der Waals surface area contributed by atoms with E-state index in [2.05, 4.69) is 31.9 Å². The summed E-state index contributed by atoms with van der Waals surface area (Å²) in [5.41, 5.74) is 1.82. The molecule has 27 heavy (non-hydrogen) atoms. The first kappa shape index (κ1) is 19.2. The van der Waals surface area contributed by atoms with Crippen molar-refractivity contribution in [3.63, 3.8) is 0 Å². The standard InChI is InChI=1S/C20H22BrN3O3/c1-12(2)22-20(26)24-16-6-4-3-5-14(16)19(25)23-17-9-10-27-18-8-7-13(21)11-15(17)18/h3-8,11-12,17H,9-10H2,1-2H3,(H,23,25)(H2,22,24,26). The van der Waals surface area contributed by atoms with Crippen molar-refractivity contribution >= 4 is 33.6 Å². The number of hydrogen-bond donors (Lipinski definition) is 3. The van der Waals surface area contributed by atoms with Gasteiger partial charge in [-0.25, -0.2) is 4.79 Å². The molecule has 2 aromatic carbocycles. The van der Waals surface area contributed by atoms with E-state index in [1.54, 1.807) is 24.3 Å². The van der Waals surface area contributed by atoms with E-state index in [0.717, 1.165) is 15.8 Å². The number of amides is 3. The molecule has 0 saturated heterocycles. The zero-order valence-electron chi connectivity index (χ0n) is 15.2. The average molecular weight is 432 g/mol. The van der Waals surface area contributed by atoms with Crippen LogP contribution in [0.3, 0.4) is 0 Å². The van der Waals surface area contributed by atoms with Crippen LogP contribution in [0.15, 0.2) is 46.9 Å². The summed E-state index contributed by atoms with van der Waals surface area (Å²) in [5, 5.41) is 8.56. The molecule has 6 nitrogen and oxygen atoms in total. The van der Waals surface area contributed by atoms with Gasteiger partial charge in [-0.15, -0.1) is 0 Å². The minimum atomic E-state index is -0.342. The molecule has 1 aliphatic heterocycles. The third-order valence-electron chi connectivity index (χ3n) is 4.16. The molecule has 1 heterocycles. The van der Waals surface area contributed by atoms with E-state index in [1.165, 1.54) is 0 Å². The first-order chi connectivity index (χ1) is 12.9. The summed E-state index contributed by atoms with van der Waals surface area (Å²) < 4.78 is 6.60. The first-order valence-electron chi connectivity index (χ1n) is 8.83. The van der Waals surface area contributed by atoms with Gasteiger partial charge in [0.1, 0.15) is 5.75 Å². The van der Waals surface area contributed by atoms with Gasteiger partial charge in [0.2, 0.25) is 0 Å². The minimum absolute atomic E-state index is 0.00294. The van der Waals surface area contributed by atoms with Crippen molar-refractivity contribution in [1.29, 1.82) is 0 Å². The highest BCUT2D eigenvalue weighted by Crippen LogP contribution is 2.34. The molecular weight excluding hydrogens is 410 g/mol. The third kappa shape index (κ3) is 4.80. The lowest BCUT2D eigenvalue weighted by molar-refractivity contribution is 0.0925. The van der Waals surface area contributed by atoms with E-state index in [0.29, 0.717) is 24.3 Å². The van der Waals surface area contributed by atoms with Gasteiger partial charge in [0, 0.05) is 22.5 Å². The van der Waals surface area contributed by atoms with Crippen molar-refractivity contribution in [2.24, 2.45) is 0 Å². The summed E-state index contributed by atoms with van der Waals surface area (Å²) in [6.07, 6.45) is 0.679. The number of carbonyl (C=O) groups excluding carboxylic acids is 2. The number of halogens is 1. The lowest BCUT2D eigenvalue weighted by Crippen LogP contribution is -2.36. The number of benzene rings is 2. The number of nitrogens with one attached hydrogen (secondary N) is 3. The molecule has 0 aliphatic carbocycles. The van der Waals surface area contributed by atoms with Crippen LogP contribution >= 0.6 is 15.9 Å². The average Bonchev–Trinajstić information content (AvgIpc) is 2.62. The number of urea groups is 1. The van der Waals surface area contributed by atoms with Crippen LogP contribution in [0.5, 0.6) is 5.75 Å². The molecule has 142 valence electrons. The van der Waals surface area contributed by atoms with Gasteiger partial charge in [-0.05, 0) is 44.2 Å². The van der Waals surface area contributed by atoms with Crippen molar-refractivity contribution in [3.05, 3.63) is 58.1 Å². The SMILES string of the molecule is CC(C)NC(=O)Nc1ccccc1C(=O)NC1CCOc2ccc(Br)cc21. The zero-order valence-corrected chi connectivity index (χ0v) is 16.8. The number of carbonyl (C=O) groups is 2. The highest BCUT2D eigenvalue weighted by molar-refractivity contribution is 9.10. The van der Waals surface area contributed by atoms with Crippen molar-refractivity contribution in [3.8, 4) is 5.75 Å². The van der Waals surface area contributed by atoms with E-state index in [9.17, 15) is 9.59 Å². The number of rotatable bonds is 4. The summed E-state index contributed by atoms with van der Waals surface area (Å²) in [6.45, 7) is 4.29. The Kier molecular flexibility index (Phi) is 6.01. The Morgan fingerprint density at radius 1 is 1.19 bits per heavy atom. The predicted octanol–water partition coefficient (Wildman–Crippen LogP) is 4.23. The Morgan fingerprint density at radius 2 is 1.96 bits per heavy atom. The molecule has 2 aromatic rings. The van der Waals surface area contributed by atoms with Crippen LogP contribution in [0.2, 0.25) is 0 Å². The quantitative estimate of drug-likeness (QED) is 0.677. The van der Waals surface area contributed by atoms with E-state index >= 15 is 0 Å². The molecule has 0 bridgehead atoms. The molecule has 1 aliphatic rings. The molecular formula is C20H22BrN3O3. The van der Waals surface area contributed by atoms with E-state index in [1.807, 2.05) is 32.0 Å². The minimum Gasteiger partial charge on any atom is -0.493 e. The van der Waals surface area contributed by atoms with Crippen molar-refractivity contribution < 1.29 is 14.3 Å². The highest BCUT2D eigenvalue weighted by atomic mass is 79.9. The van der Waals surface area contributed by atoms with Crippen LogP contribution in [-0.4, -0.2) is 24.6 Å². The molecule has 0 fully saturated rings. The molecule has 3 amide bonds. The Balaban J connectivity index is 1.78. The van der Waals surface area contributed by atoms with Crippen molar-refractivity contribution in [2.75, 3.05) is 11.9 Å². The summed E-state index contributed by atoms with van der Waals surface area (Å²) in [5.74, 6) is 0.533. The van der Waals surface area contributed by atoms with Crippen LogP contribution in [-0.2, 0) is 0 Å². The lowest BCUT2D eigenvalue weighted by Gasteiger charge is -2.27. The Morgan fingerprint density at radius 3 is 2.74 bits per heavy atom. The van der Waals surface area contributed by atoms with Gasteiger partial charge in [-0.1, -0.05) is 28.1 Å². The lowest BCUT2D eigenvalue weighted by atomic mass is 10.00. The van der Waals surface area contributed by atoms with Crippen LogP contribution in [0.25, 0.3) is 0 Å². The van der Waals surface area contributed by atoms with Gasteiger partial charge in [0.05, 0.1) is 23.9 Å². The number of hydrogen-bond acceptors (Lipinski definition) is 3. The maximum absolute atomic E-state index is 12.9. The zero-order chi connectivity index (χ0) is 19.4. The van der Waals surface area contributed by atoms with Gasteiger partial charge in [0.15, 0.2) is 0 Å². The van der Waals surface area contributed by atoms with Crippen LogP contribution in [0, 0.1) is 0 Å². The number of para-hydroxylation sites is 1. The van der Waals surface area contributed by atoms with E-state index in [-0.39, 0.29) is 24.0 Å². The summed E-state index contributed by atoms with van der Waals surface area (Å²) in [7, 11) is 0. The van der Waals surface area contributed by atoms with Gasteiger partial charge in [-0.3, -0.25) is 4.79 Å². The Hall–Kier alpha value is -2.54. The summed E-state index contributed by atoms with van der Waals surface area (Å²) >= 11 is 3.46. The van der Waals surface area contributed by atoms with Crippen LogP contribution in [0.4, 0.5) is 10.5 Å². The van der Waals surface area contributed by atoms with Gasteiger partial charge in [0.25, 0.3) is 5.91 Å². The van der Waals surface area contributed by atoms with Crippen LogP contribution < -0.4 is 20.7 Å². The number of anilines is 1. The number of ether oxygens (including phenoxy) is 1. The second-order valence-electron chi connectivity index (χ2n) is 6.64. The smallest absolute Gasteiger partial charge is 0.319 e. The van der Waals surface area contributed by atoms with Gasteiger partial charge in [-0.2, -0.15) is 0 Å². The molecule has 0 aromatic heterocycles. The molecule has 0 saturated carbocycles. The Labute approximate surface area is 166 Å². The monoisotopic (exact) mass is 431 g/mol. The van der Waals surface area contributed by atoms with Gasteiger partial charge < -0.3 is 20.7 Å². The van der Waals surface area contributed by atoms with Crippen LogP contribution in [0.1, 0.15) is 42.2 Å². The molecule has 3 N–H and O–H groups in total. The van der Waals surface area contributed by atoms with E-state index < -0.39 is 0 Å². The third-order valence-corrected chi connectivity index (χ3v) is 4.65. The van der Waals surface area contributed by atoms with Crippen molar-refractivity contribution in [2.45, 2.75) is 32.4 Å². The topological polar surface area (TPSA) is 79.5 Å². The predicted molar refractivity (Wildman–Crippen MR) is 108 cm³/mol. The maximum Gasteiger partial charge on any atom is 0.319 e. The second-order valence-corrected chi connectivity index (χ2v) is 7.56. The van der Waals surface area contributed by atoms with Gasteiger partial charge >= 0.3 is 6.03 Å². The molecule has 1 unspecified atom stereocenters. The second kappa shape index (κ2) is 8.43.